The monoisotopic (exact) mass is 359 g/mol. The number of carbonyl (C=O) groups is 3. The molecule has 140 valence electrons. The molecule has 1 unspecified atom stereocenters. The van der Waals surface area contributed by atoms with Gasteiger partial charge >= 0.3 is 5.97 Å². The Hall–Kier alpha value is -2.44. The van der Waals surface area contributed by atoms with E-state index in [1.807, 2.05) is 17.9 Å². The molecule has 2 saturated heterocycles. The van der Waals surface area contributed by atoms with Crippen LogP contribution in [0.3, 0.4) is 0 Å². The maximum absolute atomic E-state index is 12.8. The lowest BCUT2D eigenvalue weighted by Crippen LogP contribution is -2.44. The molecule has 2 aliphatic rings. The van der Waals surface area contributed by atoms with Gasteiger partial charge in [-0.2, -0.15) is 0 Å². The first-order valence-electron chi connectivity index (χ1n) is 9.09. The van der Waals surface area contributed by atoms with Gasteiger partial charge in [0.1, 0.15) is 6.04 Å². The number of carboxylic acids is 1. The van der Waals surface area contributed by atoms with E-state index < -0.39 is 12.0 Å². The largest absolute Gasteiger partial charge is 0.480 e. The third kappa shape index (κ3) is 3.43. The fourth-order valence-electron chi connectivity index (χ4n) is 4.14. The molecule has 0 aliphatic carbocycles. The predicted octanol–water partition coefficient (Wildman–Crippen LogP) is 1.57. The van der Waals surface area contributed by atoms with Crippen molar-refractivity contribution in [2.45, 2.75) is 45.6 Å². The Morgan fingerprint density at radius 1 is 1.31 bits per heavy atom. The number of aromatic nitrogens is 1. The Balaban J connectivity index is 1.68. The van der Waals surface area contributed by atoms with E-state index in [1.54, 1.807) is 12.3 Å². The number of pyridine rings is 1. The molecule has 26 heavy (non-hydrogen) atoms. The highest BCUT2D eigenvalue weighted by Gasteiger charge is 2.49. The van der Waals surface area contributed by atoms with Gasteiger partial charge in [-0.25, -0.2) is 4.79 Å². The maximum Gasteiger partial charge on any atom is 0.326 e. The van der Waals surface area contributed by atoms with Crippen LogP contribution in [0.15, 0.2) is 18.3 Å². The quantitative estimate of drug-likeness (QED) is 0.885. The summed E-state index contributed by atoms with van der Waals surface area (Å²) in [6, 6.07) is 2.82. The van der Waals surface area contributed by atoms with Gasteiger partial charge in [0.25, 0.3) is 5.91 Å². The molecule has 1 aromatic heterocycles. The molecular formula is C19H25N3O4. The molecule has 0 saturated carbocycles. The lowest BCUT2D eigenvalue weighted by atomic mass is 9.76. The zero-order valence-corrected chi connectivity index (χ0v) is 15.3. The molecule has 1 atom stereocenters. The molecule has 1 N–H and O–H groups in total. The van der Waals surface area contributed by atoms with Gasteiger partial charge in [-0.05, 0) is 43.2 Å². The van der Waals surface area contributed by atoms with Crippen LogP contribution in [-0.2, 0) is 16.0 Å². The smallest absolute Gasteiger partial charge is 0.326 e. The minimum atomic E-state index is -0.945. The normalized spacial score (nSPS) is 21.8. The number of carbonyl (C=O) groups excluding carboxylic acids is 2. The van der Waals surface area contributed by atoms with Crippen LogP contribution in [0.4, 0.5) is 0 Å². The third-order valence-electron chi connectivity index (χ3n) is 5.73. The van der Waals surface area contributed by atoms with Crippen molar-refractivity contribution in [2.24, 2.45) is 5.41 Å². The second kappa shape index (κ2) is 7.05. The fourth-order valence-corrected chi connectivity index (χ4v) is 4.14. The number of piperidine rings is 1. The van der Waals surface area contributed by atoms with Gasteiger partial charge in [-0.15, -0.1) is 0 Å². The number of carboxylic acid groups (broad SMARTS) is 1. The molecule has 2 amide bonds. The Morgan fingerprint density at radius 3 is 2.54 bits per heavy atom. The van der Waals surface area contributed by atoms with Crippen molar-refractivity contribution < 1.29 is 19.5 Å². The highest BCUT2D eigenvalue weighted by Crippen LogP contribution is 2.43. The summed E-state index contributed by atoms with van der Waals surface area (Å²) in [5.41, 5.74) is 1.34. The maximum atomic E-state index is 12.8. The number of rotatable bonds is 3. The van der Waals surface area contributed by atoms with E-state index in [0.29, 0.717) is 31.6 Å². The molecule has 0 radical (unpaired) electrons. The van der Waals surface area contributed by atoms with Crippen LogP contribution >= 0.6 is 0 Å². The topological polar surface area (TPSA) is 90.8 Å². The molecule has 0 bridgehead atoms. The van der Waals surface area contributed by atoms with Crippen molar-refractivity contribution in [1.82, 2.24) is 14.8 Å². The standard InChI is InChI=1S/C19H25N3O4/c1-3-15-10-14(4-7-20-15)17(24)21-8-5-19(6-9-21)11-16(18(25)26)22(12-19)13(2)23/h4,7,10,16H,3,5-6,8-9,11-12H2,1-2H3,(H,25,26). The van der Waals surface area contributed by atoms with Crippen molar-refractivity contribution >= 4 is 17.8 Å². The lowest BCUT2D eigenvalue weighted by molar-refractivity contribution is -0.147. The average molecular weight is 359 g/mol. The Morgan fingerprint density at radius 2 is 2.00 bits per heavy atom. The summed E-state index contributed by atoms with van der Waals surface area (Å²) in [5.74, 6) is -1.15. The van der Waals surface area contributed by atoms with Crippen LogP contribution in [-0.4, -0.2) is 63.4 Å². The zero-order valence-electron chi connectivity index (χ0n) is 15.3. The minimum Gasteiger partial charge on any atom is -0.480 e. The average Bonchev–Trinajstić information content (AvgIpc) is 3.02. The third-order valence-corrected chi connectivity index (χ3v) is 5.73. The van der Waals surface area contributed by atoms with Crippen LogP contribution < -0.4 is 0 Å². The van der Waals surface area contributed by atoms with Crippen molar-refractivity contribution in [3.8, 4) is 0 Å². The van der Waals surface area contributed by atoms with Crippen molar-refractivity contribution in [2.75, 3.05) is 19.6 Å². The molecule has 7 nitrogen and oxygen atoms in total. The van der Waals surface area contributed by atoms with E-state index in [0.717, 1.165) is 25.0 Å². The second-order valence-electron chi connectivity index (χ2n) is 7.39. The Kier molecular flexibility index (Phi) is 4.98. The summed E-state index contributed by atoms with van der Waals surface area (Å²) in [6.07, 6.45) is 4.35. The number of aliphatic carboxylic acids is 1. The van der Waals surface area contributed by atoms with E-state index in [1.165, 1.54) is 11.8 Å². The van der Waals surface area contributed by atoms with Gasteiger partial charge in [0.15, 0.2) is 0 Å². The van der Waals surface area contributed by atoms with Gasteiger partial charge in [0.2, 0.25) is 5.91 Å². The van der Waals surface area contributed by atoms with Crippen LogP contribution in [0.25, 0.3) is 0 Å². The number of aryl methyl sites for hydroxylation is 1. The van der Waals surface area contributed by atoms with E-state index in [4.69, 9.17) is 0 Å². The number of likely N-dealkylation sites (tertiary alicyclic amines) is 2. The molecule has 3 rings (SSSR count). The van der Waals surface area contributed by atoms with Gasteiger partial charge in [0.05, 0.1) is 0 Å². The summed E-state index contributed by atoms with van der Waals surface area (Å²) in [4.78, 5) is 43.6. The van der Waals surface area contributed by atoms with Crippen LogP contribution in [0.1, 0.15) is 49.2 Å². The Labute approximate surface area is 153 Å². The number of hydrogen-bond acceptors (Lipinski definition) is 4. The number of hydrogen-bond donors (Lipinski definition) is 1. The molecule has 1 aromatic rings. The van der Waals surface area contributed by atoms with Gasteiger partial charge in [0, 0.05) is 44.0 Å². The lowest BCUT2D eigenvalue weighted by Gasteiger charge is -2.39. The molecule has 2 aliphatic heterocycles. The van der Waals surface area contributed by atoms with E-state index >= 15 is 0 Å². The summed E-state index contributed by atoms with van der Waals surface area (Å²) in [6.45, 7) is 5.06. The van der Waals surface area contributed by atoms with E-state index in [-0.39, 0.29) is 17.2 Å². The SMILES string of the molecule is CCc1cc(C(=O)N2CCC3(CC2)CC(C(=O)O)N(C(C)=O)C3)ccn1. The van der Waals surface area contributed by atoms with Gasteiger partial charge in [-0.3, -0.25) is 14.6 Å². The van der Waals surface area contributed by atoms with Crippen molar-refractivity contribution in [3.63, 3.8) is 0 Å². The summed E-state index contributed by atoms with van der Waals surface area (Å²) in [5, 5.41) is 9.42. The zero-order chi connectivity index (χ0) is 18.9. The van der Waals surface area contributed by atoms with E-state index in [2.05, 4.69) is 4.98 Å². The van der Waals surface area contributed by atoms with Crippen LogP contribution in [0.2, 0.25) is 0 Å². The first-order chi connectivity index (χ1) is 12.3. The molecule has 7 heteroatoms. The minimum absolute atomic E-state index is 0.00634. The summed E-state index contributed by atoms with van der Waals surface area (Å²) < 4.78 is 0. The molecule has 2 fully saturated rings. The summed E-state index contributed by atoms with van der Waals surface area (Å²) in [7, 11) is 0. The molecule has 3 heterocycles. The molecular weight excluding hydrogens is 334 g/mol. The highest BCUT2D eigenvalue weighted by molar-refractivity contribution is 5.94. The van der Waals surface area contributed by atoms with Crippen LogP contribution in [0, 0.1) is 5.41 Å². The van der Waals surface area contributed by atoms with Crippen molar-refractivity contribution in [1.29, 1.82) is 0 Å². The second-order valence-corrected chi connectivity index (χ2v) is 7.39. The summed E-state index contributed by atoms with van der Waals surface area (Å²) >= 11 is 0. The Bertz CT molecular complexity index is 701. The molecule has 1 spiro atoms. The van der Waals surface area contributed by atoms with Gasteiger partial charge < -0.3 is 14.9 Å². The fraction of sp³-hybridized carbons (Fsp3) is 0.579. The number of nitrogens with zero attached hydrogens (tertiary/aromatic N) is 3. The van der Waals surface area contributed by atoms with Crippen molar-refractivity contribution in [3.05, 3.63) is 29.6 Å². The number of amides is 2. The molecule has 0 aromatic carbocycles. The van der Waals surface area contributed by atoms with Gasteiger partial charge in [-0.1, -0.05) is 6.92 Å². The predicted molar refractivity (Wildman–Crippen MR) is 94.6 cm³/mol. The first-order valence-corrected chi connectivity index (χ1v) is 9.09. The van der Waals surface area contributed by atoms with Crippen LogP contribution in [0.5, 0.6) is 0 Å². The van der Waals surface area contributed by atoms with E-state index in [9.17, 15) is 19.5 Å². The first kappa shape index (κ1) is 18.4. The highest BCUT2D eigenvalue weighted by atomic mass is 16.4.